The first kappa shape index (κ1) is 9.83. The van der Waals surface area contributed by atoms with E-state index in [1.54, 1.807) is 18.2 Å². The molecule has 2 rings (SSSR count). The van der Waals surface area contributed by atoms with Gasteiger partial charge in [-0.2, -0.15) is 0 Å². The largest absolute Gasteiger partial charge is 0.352 e. The summed E-state index contributed by atoms with van der Waals surface area (Å²) in [6, 6.07) is 6.15. The van der Waals surface area contributed by atoms with Crippen molar-refractivity contribution >= 4 is 17.2 Å². The maximum Gasteiger partial charge on any atom is 0.272 e. The fourth-order valence-corrected chi connectivity index (χ4v) is 1.61. The second-order valence-electron chi connectivity index (χ2n) is 3.50. The number of nitrogens with one attached hydrogen (secondary N) is 1. The third kappa shape index (κ3) is 1.63. The minimum Gasteiger partial charge on any atom is -0.352 e. The van der Waals surface area contributed by atoms with E-state index >= 15 is 0 Å². The molecule has 0 fully saturated rings. The molecule has 0 atom stereocenters. The third-order valence-electron chi connectivity index (χ3n) is 2.28. The number of aldehydes is 1. The Labute approximate surface area is 84.9 Å². The van der Waals surface area contributed by atoms with Crippen molar-refractivity contribution in [1.82, 2.24) is 4.98 Å². The lowest BCUT2D eigenvalue weighted by Crippen LogP contribution is -2.07. The van der Waals surface area contributed by atoms with Crippen LogP contribution in [0.5, 0.6) is 0 Å². The van der Waals surface area contributed by atoms with E-state index in [1.165, 1.54) is 6.07 Å². The minimum absolute atomic E-state index is 0.0897. The van der Waals surface area contributed by atoms with Crippen molar-refractivity contribution in [3.05, 3.63) is 35.5 Å². The molecule has 2 nitrogen and oxygen atoms in total. The molecule has 0 spiro atoms. The average molecular weight is 209 g/mol. The molecule has 0 unspecified atom stereocenters. The van der Waals surface area contributed by atoms with Crippen LogP contribution >= 0.6 is 0 Å². The summed E-state index contributed by atoms with van der Waals surface area (Å²) in [5.41, 5.74) is 0.543. The number of hydrogen-bond acceptors (Lipinski definition) is 1. The molecule has 1 aromatic carbocycles. The van der Waals surface area contributed by atoms with Crippen molar-refractivity contribution in [2.24, 2.45) is 0 Å². The predicted molar refractivity (Wildman–Crippen MR) is 53.3 cm³/mol. The van der Waals surface area contributed by atoms with Crippen LogP contribution in [0.25, 0.3) is 10.9 Å². The third-order valence-corrected chi connectivity index (χ3v) is 2.28. The fraction of sp³-hybridized carbons (Fsp3) is 0.182. The number of carbonyl (C=O) groups excluding carboxylic acids is 1. The van der Waals surface area contributed by atoms with E-state index in [2.05, 4.69) is 4.98 Å². The Balaban J connectivity index is 2.75. The minimum atomic E-state index is -2.91. The van der Waals surface area contributed by atoms with Crippen LogP contribution in [0.1, 0.15) is 23.0 Å². The van der Waals surface area contributed by atoms with E-state index in [0.717, 1.165) is 6.92 Å². The molecule has 78 valence electrons. The van der Waals surface area contributed by atoms with E-state index in [9.17, 15) is 13.6 Å². The van der Waals surface area contributed by atoms with Crippen molar-refractivity contribution in [1.29, 1.82) is 0 Å². The van der Waals surface area contributed by atoms with Gasteiger partial charge in [0.1, 0.15) is 0 Å². The van der Waals surface area contributed by atoms with Gasteiger partial charge in [0.05, 0.1) is 11.2 Å². The van der Waals surface area contributed by atoms with Gasteiger partial charge in [-0.05, 0) is 6.07 Å². The number of para-hydroxylation sites is 1. The van der Waals surface area contributed by atoms with Crippen LogP contribution in [0.3, 0.4) is 0 Å². The zero-order chi connectivity index (χ0) is 11.1. The number of alkyl halides is 2. The molecule has 0 aliphatic carbocycles. The summed E-state index contributed by atoms with van der Waals surface area (Å²) in [7, 11) is 0. The molecule has 1 N–H and O–H groups in total. The summed E-state index contributed by atoms with van der Waals surface area (Å²) < 4.78 is 26.4. The van der Waals surface area contributed by atoms with Gasteiger partial charge < -0.3 is 4.98 Å². The molecule has 4 heteroatoms. The van der Waals surface area contributed by atoms with Gasteiger partial charge in [0, 0.05) is 17.9 Å². The van der Waals surface area contributed by atoms with Gasteiger partial charge in [-0.25, -0.2) is 8.78 Å². The van der Waals surface area contributed by atoms with Crippen LogP contribution in [0.4, 0.5) is 8.78 Å². The number of fused-ring (bicyclic) bond motifs is 1. The Morgan fingerprint density at radius 2 is 2.13 bits per heavy atom. The highest BCUT2D eigenvalue weighted by Crippen LogP contribution is 2.32. The lowest BCUT2D eigenvalue weighted by atomic mass is 10.1. The van der Waals surface area contributed by atoms with Crippen molar-refractivity contribution < 1.29 is 13.6 Å². The predicted octanol–water partition coefficient (Wildman–Crippen LogP) is 3.09. The summed E-state index contributed by atoms with van der Waals surface area (Å²) in [5.74, 6) is -2.91. The van der Waals surface area contributed by atoms with Gasteiger partial charge >= 0.3 is 0 Å². The SMILES string of the molecule is CC(F)(F)c1cccc2cc(C=O)[nH]c12. The zero-order valence-electron chi connectivity index (χ0n) is 8.05. The van der Waals surface area contributed by atoms with E-state index in [-0.39, 0.29) is 5.56 Å². The van der Waals surface area contributed by atoms with Gasteiger partial charge in [-0.1, -0.05) is 18.2 Å². The maximum absolute atomic E-state index is 13.2. The average Bonchev–Trinajstić information content (AvgIpc) is 2.57. The monoisotopic (exact) mass is 209 g/mol. The number of H-pyrrole nitrogens is 1. The summed E-state index contributed by atoms with van der Waals surface area (Å²) in [6.07, 6.45) is 0.609. The van der Waals surface area contributed by atoms with Gasteiger partial charge in [-0.3, -0.25) is 4.79 Å². The fourth-order valence-electron chi connectivity index (χ4n) is 1.61. The normalized spacial score (nSPS) is 11.9. The van der Waals surface area contributed by atoms with Gasteiger partial charge in [0.25, 0.3) is 5.92 Å². The molecule has 0 saturated heterocycles. The van der Waals surface area contributed by atoms with Crippen molar-refractivity contribution in [2.75, 3.05) is 0 Å². The molecular weight excluding hydrogens is 200 g/mol. The van der Waals surface area contributed by atoms with Crippen molar-refractivity contribution in [2.45, 2.75) is 12.8 Å². The van der Waals surface area contributed by atoms with Gasteiger partial charge in [-0.15, -0.1) is 0 Å². The molecule has 0 amide bonds. The highest BCUT2D eigenvalue weighted by atomic mass is 19.3. The first-order valence-electron chi connectivity index (χ1n) is 4.47. The van der Waals surface area contributed by atoms with Crippen molar-refractivity contribution in [3.63, 3.8) is 0 Å². The number of aromatic amines is 1. The number of halogens is 2. The van der Waals surface area contributed by atoms with Crippen LogP contribution in [0.15, 0.2) is 24.3 Å². The summed E-state index contributed by atoms with van der Waals surface area (Å²) in [6.45, 7) is 0.837. The zero-order valence-corrected chi connectivity index (χ0v) is 8.05. The Hall–Kier alpha value is -1.71. The highest BCUT2D eigenvalue weighted by Gasteiger charge is 2.27. The summed E-state index contributed by atoms with van der Waals surface area (Å²) >= 11 is 0. The van der Waals surface area contributed by atoms with Gasteiger partial charge in [0.15, 0.2) is 6.29 Å². The molecule has 0 saturated carbocycles. The molecule has 2 aromatic rings. The lowest BCUT2D eigenvalue weighted by molar-refractivity contribution is 0.0189. The second-order valence-corrected chi connectivity index (χ2v) is 3.50. The Bertz CT molecular complexity index is 511. The van der Waals surface area contributed by atoms with Crippen molar-refractivity contribution in [3.8, 4) is 0 Å². The first-order chi connectivity index (χ1) is 7.02. The number of aromatic nitrogens is 1. The Morgan fingerprint density at radius 1 is 1.40 bits per heavy atom. The van der Waals surface area contributed by atoms with Crippen LogP contribution < -0.4 is 0 Å². The van der Waals surface area contributed by atoms with E-state index < -0.39 is 5.92 Å². The van der Waals surface area contributed by atoms with Crippen LogP contribution in [-0.2, 0) is 5.92 Å². The molecule has 1 aromatic heterocycles. The molecule has 1 heterocycles. The molecule has 0 aliphatic rings. The molecular formula is C11H9F2NO. The maximum atomic E-state index is 13.2. The number of carbonyl (C=O) groups is 1. The highest BCUT2D eigenvalue weighted by molar-refractivity contribution is 5.90. The molecule has 0 bridgehead atoms. The number of rotatable bonds is 2. The second kappa shape index (κ2) is 3.15. The van der Waals surface area contributed by atoms with E-state index in [1.807, 2.05) is 0 Å². The number of benzene rings is 1. The van der Waals surface area contributed by atoms with Crippen LogP contribution in [0, 0.1) is 0 Å². The lowest BCUT2D eigenvalue weighted by Gasteiger charge is -2.11. The summed E-state index contributed by atoms with van der Waals surface area (Å²) in [5, 5.41) is 0.621. The molecule has 0 aliphatic heterocycles. The first-order valence-corrected chi connectivity index (χ1v) is 4.47. The van der Waals surface area contributed by atoms with E-state index in [0.29, 0.717) is 22.9 Å². The topological polar surface area (TPSA) is 32.9 Å². The van der Waals surface area contributed by atoms with Crippen LogP contribution in [-0.4, -0.2) is 11.3 Å². The smallest absolute Gasteiger partial charge is 0.272 e. The summed E-state index contributed by atoms with van der Waals surface area (Å²) in [4.78, 5) is 13.2. The standard InChI is InChI=1S/C11H9F2NO/c1-11(12,13)9-4-2-3-7-5-8(6-15)14-10(7)9/h2-6,14H,1H3. The van der Waals surface area contributed by atoms with Gasteiger partial charge in [0.2, 0.25) is 0 Å². The molecule has 15 heavy (non-hydrogen) atoms. The Kier molecular flexibility index (Phi) is 2.07. The quantitative estimate of drug-likeness (QED) is 0.757. The number of hydrogen-bond donors (Lipinski definition) is 1. The molecule has 0 radical (unpaired) electrons. The van der Waals surface area contributed by atoms with Crippen LogP contribution in [0.2, 0.25) is 0 Å². The van der Waals surface area contributed by atoms with E-state index in [4.69, 9.17) is 0 Å². The Morgan fingerprint density at radius 3 is 2.73 bits per heavy atom.